The molecule has 0 unspecified atom stereocenters. The van der Waals surface area contributed by atoms with Gasteiger partial charge in [0.05, 0.1) is 23.6 Å². The van der Waals surface area contributed by atoms with E-state index in [4.69, 9.17) is 4.74 Å². The van der Waals surface area contributed by atoms with Crippen LogP contribution >= 0.6 is 22.7 Å². The average molecular weight is 267 g/mol. The molecule has 0 saturated carbocycles. The number of ether oxygens (including phenoxy) is 1. The van der Waals surface area contributed by atoms with Crippen molar-refractivity contribution in [1.82, 2.24) is 4.98 Å². The molecule has 2 heterocycles. The summed E-state index contributed by atoms with van der Waals surface area (Å²) in [6.45, 7) is 2.26. The van der Waals surface area contributed by atoms with Gasteiger partial charge in [0.15, 0.2) is 0 Å². The Morgan fingerprint density at radius 2 is 2.35 bits per heavy atom. The monoisotopic (exact) mass is 267 g/mol. The van der Waals surface area contributed by atoms with Gasteiger partial charge >= 0.3 is 5.97 Å². The molecule has 0 aliphatic heterocycles. The fraction of sp³-hybridized carbons (Fsp3) is 0.333. The lowest BCUT2D eigenvalue weighted by Gasteiger charge is -1.99. The number of aromatic nitrogens is 1. The molecule has 0 saturated heterocycles. The fourth-order valence-electron chi connectivity index (χ4n) is 1.40. The first kappa shape index (κ1) is 12.3. The largest absolute Gasteiger partial charge is 0.466 e. The van der Waals surface area contributed by atoms with Gasteiger partial charge in [-0.2, -0.15) is 0 Å². The van der Waals surface area contributed by atoms with Crippen LogP contribution in [0.15, 0.2) is 22.9 Å². The van der Waals surface area contributed by atoms with Crippen LogP contribution in [0.1, 0.15) is 19.0 Å². The number of aryl methyl sites for hydroxylation is 1. The van der Waals surface area contributed by atoms with Crippen LogP contribution in [-0.4, -0.2) is 17.6 Å². The van der Waals surface area contributed by atoms with E-state index in [1.54, 1.807) is 22.7 Å². The van der Waals surface area contributed by atoms with E-state index in [2.05, 4.69) is 11.1 Å². The van der Waals surface area contributed by atoms with Crippen molar-refractivity contribution < 1.29 is 9.53 Å². The van der Waals surface area contributed by atoms with Crippen molar-refractivity contribution in [2.75, 3.05) is 6.61 Å². The maximum absolute atomic E-state index is 11.2. The topological polar surface area (TPSA) is 39.2 Å². The predicted octanol–water partition coefficient (Wildman–Crippen LogP) is 3.37. The Labute approximate surface area is 108 Å². The van der Waals surface area contributed by atoms with Gasteiger partial charge in [-0.3, -0.25) is 4.79 Å². The van der Waals surface area contributed by atoms with E-state index in [0.29, 0.717) is 19.4 Å². The van der Waals surface area contributed by atoms with E-state index in [9.17, 15) is 4.79 Å². The third-order valence-corrected chi connectivity index (χ3v) is 4.10. The molecule has 0 aromatic carbocycles. The number of hydrogen-bond acceptors (Lipinski definition) is 5. The molecule has 0 amide bonds. The van der Waals surface area contributed by atoms with E-state index in [1.807, 2.05) is 23.8 Å². The Hall–Kier alpha value is -1.20. The van der Waals surface area contributed by atoms with Crippen LogP contribution < -0.4 is 0 Å². The Kier molecular flexibility index (Phi) is 4.28. The van der Waals surface area contributed by atoms with Crippen LogP contribution in [0.3, 0.4) is 0 Å². The molecule has 0 radical (unpaired) electrons. The number of hydrogen-bond donors (Lipinski definition) is 0. The van der Waals surface area contributed by atoms with Crippen molar-refractivity contribution in [3.8, 4) is 9.88 Å². The van der Waals surface area contributed by atoms with Gasteiger partial charge < -0.3 is 4.74 Å². The quantitative estimate of drug-likeness (QED) is 0.780. The van der Waals surface area contributed by atoms with Crippen LogP contribution in [0, 0.1) is 0 Å². The summed E-state index contributed by atoms with van der Waals surface area (Å²) in [7, 11) is 0. The smallest absolute Gasteiger partial charge is 0.306 e. The first-order valence-electron chi connectivity index (χ1n) is 5.43. The lowest BCUT2D eigenvalue weighted by molar-refractivity contribution is -0.143. The Morgan fingerprint density at radius 1 is 1.47 bits per heavy atom. The second-order valence-electron chi connectivity index (χ2n) is 3.43. The molecule has 0 N–H and O–H groups in total. The molecule has 0 spiro atoms. The molecule has 2 aromatic rings. The highest BCUT2D eigenvalue weighted by molar-refractivity contribution is 7.20. The zero-order valence-corrected chi connectivity index (χ0v) is 11.1. The Bertz CT molecular complexity index is 476. The molecule has 2 aromatic heterocycles. The van der Waals surface area contributed by atoms with Crippen LogP contribution in [-0.2, 0) is 16.0 Å². The van der Waals surface area contributed by atoms with Gasteiger partial charge in [-0.1, -0.05) is 6.07 Å². The molecule has 5 heteroatoms. The van der Waals surface area contributed by atoms with Crippen LogP contribution in [0.5, 0.6) is 0 Å². The van der Waals surface area contributed by atoms with Crippen molar-refractivity contribution >= 4 is 28.6 Å². The summed E-state index contributed by atoms with van der Waals surface area (Å²) in [5.41, 5.74) is 0.964. The summed E-state index contributed by atoms with van der Waals surface area (Å²) in [6, 6.07) is 4.07. The molecule has 0 aliphatic carbocycles. The van der Waals surface area contributed by atoms with Gasteiger partial charge in [0, 0.05) is 11.8 Å². The molecule has 0 bridgehead atoms. The SMILES string of the molecule is CCOC(=O)CCc1csc(-c2cccs2)n1. The summed E-state index contributed by atoms with van der Waals surface area (Å²) in [5.74, 6) is -0.154. The summed E-state index contributed by atoms with van der Waals surface area (Å²) < 4.78 is 4.88. The van der Waals surface area contributed by atoms with E-state index in [-0.39, 0.29) is 5.97 Å². The zero-order valence-electron chi connectivity index (χ0n) is 9.51. The maximum Gasteiger partial charge on any atom is 0.306 e. The zero-order chi connectivity index (χ0) is 12.1. The number of esters is 1. The van der Waals surface area contributed by atoms with Gasteiger partial charge in [-0.05, 0) is 18.4 Å². The minimum absolute atomic E-state index is 0.154. The van der Waals surface area contributed by atoms with Crippen molar-refractivity contribution in [1.29, 1.82) is 0 Å². The van der Waals surface area contributed by atoms with Crippen LogP contribution in [0.25, 0.3) is 9.88 Å². The average Bonchev–Trinajstić information content (AvgIpc) is 2.97. The summed E-state index contributed by atoms with van der Waals surface area (Å²) in [5, 5.41) is 5.07. The first-order valence-corrected chi connectivity index (χ1v) is 7.19. The lowest BCUT2D eigenvalue weighted by atomic mass is 10.2. The first-order chi connectivity index (χ1) is 8.29. The molecule has 3 nitrogen and oxygen atoms in total. The van der Waals surface area contributed by atoms with Gasteiger partial charge in [-0.25, -0.2) is 4.98 Å². The highest BCUT2D eigenvalue weighted by Crippen LogP contribution is 2.28. The Morgan fingerprint density at radius 3 is 3.06 bits per heavy atom. The number of thiophene rings is 1. The summed E-state index contributed by atoms with van der Waals surface area (Å²) in [6.07, 6.45) is 1.06. The predicted molar refractivity (Wildman–Crippen MR) is 70.4 cm³/mol. The highest BCUT2D eigenvalue weighted by Gasteiger charge is 2.08. The van der Waals surface area contributed by atoms with Crippen molar-refractivity contribution in [3.63, 3.8) is 0 Å². The van der Waals surface area contributed by atoms with Crippen molar-refractivity contribution in [2.24, 2.45) is 0 Å². The third kappa shape index (κ3) is 3.38. The van der Waals surface area contributed by atoms with Crippen molar-refractivity contribution in [2.45, 2.75) is 19.8 Å². The minimum Gasteiger partial charge on any atom is -0.466 e. The molecule has 0 fully saturated rings. The van der Waals surface area contributed by atoms with E-state index in [1.165, 1.54) is 4.88 Å². The molecule has 17 heavy (non-hydrogen) atoms. The summed E-state index contributed by atoms with van der Waals surface area (Å²) >= 11 is 3.30. The minimum atomic E-state index is -0.154. The number of nitrogens with zero attached hydrogens (tertiary/aromatic N) is 1. The van der Waals surface area contributed by atoms with Crippen LogP contribution in [0.2, 0.25) is 0 Å². The van der Waals surface area contributed by atoms with E-state index >= 15 is 0 Å². The summed E-state index contributed by atoms with van der Waals surface area (Å²) in [4.78, 5) is 16.9. The number of carbonyl (C=O) groups is 1. The lowest BCUT2D eigenvalue weighted by Crippen LogP contribution is -2.05. The van der Waals surface area contributed by atoms with Crippen molar-refractivity contribution in [3.05, 3.63) is 28.6 Å². The molecule has 2 rings (SSSR count). The second kappa shape index (κ2) is 5.93. The van der Waals surface area contributed by atoms with Crippen LogP contribution in [0.4, 0.5) is 0 Å². The van der Waals surface area contributed by atoms with Gasteiger partial charge in [0.1, 0.15) is 5.01 Å². The maximum atomic E-state index is 11.2. The number of thiazole rings is 1. The Balaban J connectivity index is 1.93. The standard InChI is InChI=1S/C12H13NO2S2/c1-2-15-11(14)6-5-9-8-17-12(13-9)10-4-3-7-16-10/h3-4,7-8H,2,5-6H2,1H3. The molecular weight excluding hydrogens is 254 g/mol. The van der Waals surface area contributed by atoms with E-state index < -0.39 is 0 Å². The van der Waals surface area contributed by atoms with Gasteiger partial charge in [0.25, 0.3) is 0 Å². The molecule has 0 atom stereocenters. The molecule has 90 valence electrons. The number of carbonyl (C=O) groups excluding carboxylic acids is 1. The molecule has 0 aliphatic rings. The van der Waals surface area contributed by atoms with E-state index in [0.717, 1.165) is 10.7 Å². The molecular formula is C12H13NO2S2. The third-order valence-electron chi connectivity index (χ3n) is 2.17. The fourth-order valence-corrected chi connectivity index (χ4v) is 3.07. The highest BCUT2D eigenvalue weighted by atomic mass is 32.1. The van der Waals surface area contributed by atoms with Gasteiger partial charge in [0.2, 0.25) is 0 Å². The number of rotatable bonds is 5. The van der Waals surface area contributed by atoms with Gasteiger partial charge in [-0.15, -0.1) is 22.7 Å². The normalized spacial score (nSPS) is 10.4. The second-order valence-corrected chi connectivity index (χ2v) is 5.23.